The minimum atomic E-state index is -0.212. The Bertz CT molecular complexity index is 758. The van der Waals surface area contributed by atoms with Crippen LogP contribution in [0.2, 0.25) is 0 Å². The van der Waals surface area contributed by atoms with Crippen LogP contribution < -0.4 is 10.6 Å². The minimum absolute atomic E-state index is 0.212. The van der Waals surface area contributed by atoms with Gasteiger partial charge in [-0.25, -0.2) is 14.1 Å². The molecule has 8 heteroatoms. The molecule has 0 spiro atoms. The summed E-state index contributed by atoms with van der Waals surface area (Å²) >= 11 is 0. The van der Waals surface area contributed by atoms with Crippen LogP contribution in [0.5, 0.6) is 0 Å². The zero-order valence-corrected chi connectivity index (χ0v) is 15.9. The zero-order chi connectivity index (χ0) is 19.1. The molecule has 1 atom stereocenters. The predicted octanol–water partition coefficient (Wildman–Crippen LogP) is 1.68. The number of rotatable bonds is 7. The second-order valence-corrected chi connectivity index (χ2v) is 6.58. The highest BCUT2D eigenvalue weighted by molar-refractivity contribution is 5.80. The molecule has 0 aliphatic carbocycles. The van der Waals surface area contributed by atoms with Crippen molar-refractivity contribution in [1.82, 2.24) is 25.4 Å². The molecular weight excluding hydrogens is 347 g/mol. The van der Waals surface area contributed by atoms with Crippen LogP contribution in [0.3, 0.4) is 0 Å². The van der Waals surface area contributed by atoms with Gasteiger partial charge >= 0.3 is 0 Å². The first kappa shape index (κ1) is 19.3. The number of nitrogens with one attached hydrogen (secondary N) is 2. The van der Waals surface area contributed by atoms with E-state index in [1.165, 1.54) is 12.1 Å². The van der Waals surface area contributed by atoms with Gasteiger partial charge < -0.3 is 15.4 Å². The lowest BCUT2D eigenvalue weighted by Gasteiger charge is -2.25. The molecule has 27 heavy (non-hydrogen) atoms. The van der Waals surface area contributed by atoms with E-state index in [0.29, 0.717) is 13.2 Å². The quantitative estimate of drug-likeness (QED) is 0.570. The van der Waals surface area contributed by atoms with Crippen molar-refractivity contribution in [2.75, 3.05) is 20.2 Å². The first-order valence-corrected chi connectivity index (χ1v) is 9.38. The highest BCUT2D eigenvalue weighted by atomic mass is 19.1. The van der Waals surface area contributed by atoms with E-state index >= 15 is 0 Å². The summed E-state index contributed by atoms with van der Waals surface area (Å²) in [6, 6.07) is 6.82. The molecule has 3 rings (SSSR count). The van der Waals surface area contributed by atoms with Crippen molar-refractivity contribution in [1.29, 1.82) is 0 Å². The van der Waals surface area contributed by atoms with Gasteiger partial charge in [-0.05, 0) is 37.5 Å². The average molecular weight is 374 g/mol. The Morgan fingerprint density at radius 1 is 1.37 bits per heavy atom. The summed E-state index contributed by atoms with van der Waals surface area (Å²) in [6.07, 6.45) is 2.63. The molecule has 1 unspecified atom stereocenters. The molecule has 1 aromatic heterocycles. The molecule has 0 saturated heterocycles. The SMILES string of the molecule is CCNC(=NCCc1ccc(F)cc1)NC1CCc2nc(COC)nn2C1. The van der Waals surface area contributed by atoms with Gasteiger partial charge in [0.25, 0.3) is 0 Å². The lowest BCUT2D eigenvalue weighted by Crippen LogP contribution is -2.47. The third-order valence-corrected chi connectivity index (χ3v) is 4.44. The van der Waals surface area contributed by atoms with Gasteiger partial charge in [-0.15, -0.1) is 0 Å². The summed E-state index contributed by atoms with van der Waals surface area (Å²) in [5.41, 5.74) is 1.08. The number of guanidine groups is 1. The third kappa shape index (κ3) is 5.50. The molecule has 0 bridgehead atoms. The van der Waals surface area contributed by atoms with Crippen molar-refractivity contribution in [3.8, 4) is 0 Å². The Morgan fingerprint density at radius 3 is 2.93 bits per heavy atom. The van der Waals surface area contributed by atoms with E-state index in [2.05, 4.69) is 25.7 Å². The largest absolute Gasteiger partial charge is 0.377 e. The summed E-state index contributed by atoms with van der Waals surface area (Å²) in [5.74, 6) is 2.33. The summed E-state index contributed by atoms with van der Waals surface area (Å²) < 4.78 is 20.1. The van der Waals surface area contributed by atoms with Gasteiger partial charge in [0.1, 0.15) is 18.2 Å². The van der Waals surface area contributed by atoms with Crippen LogP contribution in [0.4, 0.5) is 4.39 Å². The molecule has 0 fully saturated rings. The van der Waals surface area contributed by atoms with Crippen molar-refractivity contribution in [2.45, 2.75) is 45.4 Å². The molecule has 0 saturated carbocycles. The molecule has 2 heterocycles. The first-order chi connectivity index (χ1) is 13.2. The molecular formula is C19H27FN6O. The number of ether oxygens (including phenoxy) is 1. The van der Waals surface area contributed by atoms with Gasteiger partial charge in [0, 0.05) is 32.7 Å². The second-order valence-electron chi connectivity index (χ2n) is 6.58. The van der Waals surface area contributed by atoms with E-state index in [9.17, 15) is 4.39 Å². The molecule has 2 N–H and O–H groups in total. The van der Waals surface area contributed by atoms with Crippen molar-refractivity contribution in [2.24, 2.45) is 4.99 Å². The van der Waals surface area contributed by atoms with E-state index in [4.69, 9.17) is 4.74 Å². The maximum absolute atomic E-state index is 13.0. The molecule has 1 aromatic carbocycles. The second kappa shape index (κ2) is 9.45. The fourth-order valence-electron chi connectivity index (χ4n) is 3.13. The molecule has 0 radical (unpaired) electrons. The molecule has 2 aromatic rings. The van der Waals surface area contributed by atoms with Gasteiger partial charge in [-0.2, -0.15) is 5.10 Å². The number of hydrogen-bond acceptors (Lipinski definition) is 4. The zero-order valence-electron chi connectivity index (χ0n) is 15.9. The Balaban J connectivity index is 1.56. The van der Waals surface area contributed by atoms with Crippen LogP contribution in [0.1, 0.15) is 30.6 Å². The lowest BCUT2D eigenvalue weighted by molar-refractivity contribution is 0.177. The van der Waals surface area contributed by atoms with Crippen LogP contribution in [0, 0.1) is 5.82 Å². The lowest BCUT2D eigenvalue weighted by atomic mass is 10.1. The minimum Gasteiger partial charge on any atom is -0.377 e. The normalized spacial score (nSPS) is 16.9. The number of halogens is 1. The Kier molecular flexibility index (Phi) is 6.75. The van der Waals surface area contributed by atoms with E-state index < -0.39 is 0 Å². The van der Waals surface area contributed by atoms with Gasteiger partial charge in [0.05, 0.1) is 6.54 Å². The third-order valence-electron chi connectivity index (χ3n) is 4.44. The molecule has 1 aliphatic rings. The number of nitrogens with zero attached hydrogens (tertiary/aromatic N) is 4. The Labute approximate surface area is 159 Å². The number of benzene rings is 1. The van der Waals surface area contributed by atoms with Crippen LogP contribution in [-0.2, 0) is 30.7 Å². The molecule has 7 nitrogen and oxygen atoms in total. The van der Waals surface area contributed by atoms with Gasteiger partial charge in [-0.3, -0.25) is 4.99 Å². The van der Waals surface area contributed by atoms with E-state index in [1.807, 2.05) is 11.6 Å². The Hall–Kier alpha value is -2.48. The van der Waals surface area contributed by atoms with Crippen molar-refractivity contribution in [3.05, 3.63) is 47.3 Å². The van der Waals surface area contributed by atoms with Gasteiger partial charge in [-0.1, -0.05) is 12.1 Å². The van der Waals surface area contributed by atoms with Gasteiger partial charge in [0.15, 0.2) is 11.8 Å². The molecule has 146 valence electrons. The monoisotopic (exact) mass is 374 g/mol. The van der Waals surface area contributed by atoms with E-state index in [0.717, 1.165) is 55.5 Å². The maximum Gasteiger partial charge on any atom is 0.191 e. The average Bonchev–Trinajstić information content (AvgIpc) is 3.05. The summed E-state index contributed by atoms with van der Waals surface area (Å²) in [7, 11) is 1.65. The highest BCUT2D eigenvalue weighted by Crippen LogP contribution is 2.13. The van der Waals surface area contributed by atoms with E-state index in [1.54, 1.807) is 19.2 Å². The smallest absolute Gasteiger partial charge is 0.191 e. The number of methoxy groups -OCH3 is 1. The van der Waals surface area contributed by atoms with Crippen molar-refractivity contribution < 1.29 is 9.13 Å². The fraction of sp³-hybridized carbons (Fsp3) is 0.526. The number of hydrogen-bond donors (Lipinski definition) is 2. The number of aromatic nitrogens is 3. The van der Waals surface area contributed by atoms with Crippen LogP contribution in [-0.4, -0.2) is 47.0 Å². The number of aliphatic imine (C=N–C) groups is 1. The first-order valence-electron chi connectivity index (χ1n) is 9.38. The van der Waals surface area contributed by atoms with Crippen molar-refractivity contribution in [3.63, 3.8) is 0 Å². The Morgan fingerprint density at radius 2 is 2.19 bits per heavy atom. The van der Waals surface area contributed by atoms with Crippen LogP contribution in [0.25, 0.3) is 0 Å². The van der Waals surface area contributed by atoms with Crippen LogP contribution >= 0.6 is 0 Å². The predicted molar refractivity (Wildman–Crippen MR) is 102 cm³/mol. The fourth-order valence-corrected chi connectivity index (χ4v) is 3.13. The molecule has 1 aliphatic heterocycles. The van der Waals surface area contributed by atoms with Crippen molar-refractivity contribution >= 4 is 5.96 Å². The van der Waals surface area contributed by atoms with Gasteiger partial charge in [0.2, 0.25) is 0 Å². The maximum atomic E-state index is 13.0. The molecule has 0 amide bonds. The highest BCUT2D eigenvalue weighted by Gasteiger charge is 2.22. The topological polar surface area (TPSA) is 76.4 Å². The summed E-state index contributed by atoms with van der Waals surface area (Å²) in [4.78, 5) is 9.16. The number of fused-ring (bicyclic) bond motifs is 1. The van der Waals surface area contributed by atoms with E-state index in [-0.39, 0.29) is 11.9 Å². The van der Waals surface area contributed by atoms with Crippen LogP contribution in [0.15, 0.2) is 29.3 Å². The summed E-state index contributed by atoms with van der Waals surface area (Å²) in [6.45, 7) is 4.67. The summed E-state index contributed by atoms with van der Waals surface area (Å²) in [5, 5.41) is 11.3. The standard InChI is InChI=1S/C19H27FN6O/c1-3-21-19(22-11-10-14-4-6-15(20)7-5-14)23-16-8-9-18-24-17(13-27-2)25-26(18)12-16/h4-7,16H,3,8-13H2,1-2H3,(H2,21,22,23). The number of aryl methyl sites for hydroxylation is 1.